The number of hydrogen-bond donors (Lipinski definition) is 0. The zero-order chi connectivity index (χ0) is 9.97. The molecule has 0 bridgehead atoms. The van der Waals surface area contributed by atoms with Gasteiger partial charge >= 0.3 is 0 Å². The number of piperidine rings is 1. The van der Waals surface area contributed by atoms with Crippen molar-refractivity contribution in [2.75, 3.05) is 18.0 Å². The molecule has 0 aliphatic carbocycles. The van der Waals surface area contributed by atoms with E-state index < -0.39 is 0 Å². The lowest BCUT2D eigenvalue weighted by Crippen LogP contribution is -2.34. The van der Waals surface area contributed by atoms with E-state index in [-0.39, 0.29) is 0 Å². The highest BCUT2D eigenvalue weighted by molar-refractivity contribution is 6.20. The molecule has 0 aromatic carbocycles. The van der Waals surface area contributed by atoms with Crippen molar-refractivity contribution in [1.29, 1.82) is 0 Å². The number of halogens is 1. The van der Waals surface area contributed by atoms with Crippen molar-refractivity contribution in [2.24, 2.45) is 0 Å². The van der Waals surface area contributed by atoms with E-state index >= 15 is 0 Å². The molecule has 1 fully saturated rings. The van der Waals surface area contributed by atoms with Gasteiger partial charge in [0.25, 0.3) is 0 Å². The molecule has 0 N–H and O–H groups in total. The van der Waals surface area contributed by atoms with Gasteiger partial charge in [-0.05, 0) is 31.4 Å². The van der Waals surface area contributed by atoms with Crippen LogP contribution in [0.1, 0.15) is 18.4 Å². The molecule has 0 atom stereocenters. The minimum absolute atomic E-state index is 0.357. The van der Waals surface area contributed by atoms with Crippen molar-refractivity contribution >= 4 is 17.4 Å². The topological polar surface area (TPSA) is 16.1 Å². The van der Waals surface area contributed by atoms with E-state index in [1.807, 2.05) is 12.3 Å². The van der Waals surface area contributed by atoms with Gasteiger partial charge in [0.15, 0.2) is 0 Å². The van der Waals surface area contributed by atoms with Crippen LogP contribution in [0.4, 0.5) is 5.82 Å². The SMILES string of the molecule is Cc1cccnc1N1CCC(Cl)CC1. The number of hydrogen-bond acceptors (Lipinski definition) is 2. The number of anilines is 1. The van der Waals surface area contributed by atoms with E-state index in [0.717, 1.165) is 31.7 Å². The largest absolute Gasteiger partial charge is 0.356 e. The predicted molar refractivity (Wildman–Crippen MR) is 60.1 cm³/mol. The maximum atomic E-state index is 6.06. The van der Waals surface area contributed by atoms with E-state index in [2.05, 4.69) is 22.9 Å². The zero-order valence-corrected chi connectivity index (χ0v) is 9.17. The molecule has 1 aromatic heterocycles. The van der Waals surface area contributed by atoms with Crippen molar-refractivity contribution < 1.29 is 0 Å². The average Bonchev–Trinajstić information content (AvgIpc) is 2.20. The van der Waals surface area contributed by atoms with E-state index in [1.165, 1.54) is 5.56 Å². The molecular formula is C11H15ClN2. The lowest BCUT2D eigenvalue weighted by atomic mass is 10.1. The normalized spacial score (nSPS) is 18.6. The summed E-state index contributed by atoms with van der Waals surface area (Å²) < 4.78 is 0. The van der Waals surface area contributed by atoms with Crippen LogP contribution in [-0.4, -0.2) is 23.5 Å². The van der Waals surface area contributed by atoms with Crippen LogP contribution in [0.5, 0.6) is 0 Å². The minimum Gasteiger partial charge on any atom is -0.356 e. The van der Waals surface area contributed by atoms with Gasteiger partial charge in [0, 0.05) is 24.7 Å². The molecule has 0 radical (unpaired) electrons. The Bertz CT molecular complexity index is 306. The fourth-order valence-corrected chi connectivity index (χ4v) is 2.06. The second kappa shape index (κ2) is 4.18. The van der Waals surface area contributed by atoms with Crippen molar-refractivity contribution in [1.82, 2.24) is 4.98 Å². The molecule has 2 nitrogen and oxygen atoms in total. The monoisotopic (exact) mass is 210 g/mol. The molecule has 1 aliphatic heterocycles. The van der Waals surface area contributed by atoms with Crippen LogP contribution in [0.3, 0.4) is 0 Å². The van der Waals surface area contributed by atoms with Gasteiger partial charge in [-0.15, -0.1) is 11.6 Å². The lowest BCUT2D eigenvalue weighted by Gasteiger charge is -2.31. The van der Waals surface area contributed by atoms with Crippen molar-refractivity contribution in [2.45, 2.75) is 25.1 Å². The molecule has 1 saturated heterocycles. The van der Waals surface area contributed by atoms with Crippen LogP contribution in [0.25, 0.3) is 0 Å². The number of pyridine rings is 1. The Morgan fingerprint density at radius 2 is 2.14 bits per heavy atom. The second-order valence-electron chi connectivity index (χ2n) is 3.81. The van der Waals surface area contributed by atoms with Crippen LogP contribution >= 0.6 is 11.6 Å². The number of aromatic nitrogens is 1. The molecule has 0 saturated carbocycles. The predicted octanol–water partition coefficient (Wildman–Crippen LogP) is 2.60. The highest BCUT2D eigenvalue weighted by Crippen LogP contribution is 2.22. The fraction of sp³-hybridized carbons (Fsp3) is 0.545. The van der Waals surface area contributed by atoms with Crippen LogP contribution < -0.4 is 4.90 Å². The van der Waals surface area contributed by atoms with Gasteiger partial charge in [-0.1, -0.05) is 6.07 Å². The third kappa shape index (κ3) is 2.01. The van der Waals surface area contributed by atoms with E-state index in [4.69, 9.17) is 11.6 Å². The molecule has 1 aromatic rings. The smallest absolute Gasteiger partial charge is 0.131 e. The van der Waals surface area contributed by atoms with Crippen LogP contribution in [0, 0.1) is 6.92 Å². The summed E-state index contributed by atoms with van der Waals surface area (Å²) in [5.74, 6) is 1.12. The zero-order valence-electron chi connectivity index (χ0n) is 8.41. The molecule has 2 rings (SSSR count). The van der Waals surface area contributed by atoms with Gasteiger partial charge in [-0.2, -0.15) is 0 Å². The maximum absolute atomic E-state index is 6.06. The highest BCUT2D eigenvalue weighted by atomic mass is 35.5. The average molecular weight is 211 g/mol. The Labute approximate surface area is 89.9 Å². The summed E-state index contributed by atoms with van der Waals surface area (Å²) >= 11 is 6.06. The van der Waals surface area contributed by atoms with Crippen LogP contribution in [0.15, 0.2) is 18.3 Å². The third-order valence-corrected chi connectivity index (χ3v) is 3.14. The first-order chi connectivity index (χ1) is 6.77. The molecule has 2 heterocycles. The Kier molecular flexibility index (Phi) is 2.92. The number of nitrogens with zero attached hydrogens (tertiary/aromatic N) is 2. The molecule has 3 heteroatoms. The third-order valence-electron chi connectivity index (χ3n) is 2.71. The highest BCUT2D eigenvalue weighted by Gasteiger charge is 2.18. The molecule has 14 heavy (non-hydrogen) atoms. The number of alkyl halides is 1. The van der Waals surface area contributed by atoms with Crippen molar-refractivity contribution in [3.8, 4) is 0 Å². The summed E-state index contributed by atoms with van der Waals surface area (Å²) in [6.07, 6.45) is 3.99. The Hall–Kier alpha value is -0.760. The summed E-state index contributed by atoms with van der Waals surface area (Å²) in [4.78, 5) is 6.74. The quantitative estimate of drug-likeness (QED) is 0.663. The van der Waals surface area contributed by atoms with Crippen LogP contribution in [0.2, 0.25) is 0 Å². The first-order valence-electron chi connectivity index (χ1n) is 5.08. The van der Waals surface area contributed by atoms with Gasteiger partial charge in [0.05, 0.1) is 0 Å². The van der Waals surface area contributed by atoms with E-state index in [9.17, 15) is 0 Å². The van der Waals surface area contributed by atoms with Gasteiger partial charge < -0.3 is 4.90 Å². The lowest BCUT2D eigenvalue weighted by molar-refractivity contribution is 0.579. The van der Waals surface area contributed by atoms with E-state index in [0.29, 0.717) is 5.38 Å². The van der Waals surface area contributed by atoms with Crippen molar-refractivity contribution in [3.63, 3.8) is 0 Å². The first-order valence-corrected chi connectivity index (χ1v) is 5.51. The molecule has 1 aliphatic rings. The fourth-order valence-electron chi connectivity index (χ4n) is 1.87. The molecule has 76 valence electrons. The molecule has 0 unspecified atom stereocenters. The minimum atomic E-state index is 0.357. The van der Waals surface area contributed by atoms with Gasteiger partial charge in [-0.25, -0.2) is 4.98 Å². The molecular weight excluding hydrogens is 196 g/mol. The summed E-state index contributed by atoms with van der Waals surface area (Å²) in [5, 5.41) is 0.357. The maximum Gasteiger partial charge on any atom is 0.131 e. The van der Waals surface area contributed by atoms with Gasteiger partial charge in [0.1, 0.15) is 5.82 Å². The second-order valence-corrected chi connectivity index (χ2v) is 4.42. The Balaban J connectivity index is 2.12. The van der Waals surface area contributed by atoms with Crippen molar-refractivity contribution in [3.05, 3.63) is 23.9 Å². The van der Waals surface area contributed by atoms with Gasteiger partial charge in [0.2, 0.25) is 0 Å². The number of rotatable bonds is 1. The van der Waals surface area contributed by atoms with E-state index in [1.54, 1.807) is 0 Å². The van der Waals surface area contributed by atoms with Crippen LogP contribution in [-0.2, 0) is 0 Å². The standard InChI is InChI=1S/C11H15ClN2/c1-9-3-2-6-13-11(9)14-7-4-10(12)5-8-14/h2-3,6,10H,4-5,7-8H2,1H3. The summed E-state index contributed by atoms with van der Waals surface area (Å²) in [7, 11) is 0. The summed E-state index contributed by atoms with van der Waals surface area (Å²) in [5.41, 5.74) is 1.25. The molecule has 0 amide bonds. The Morgan fingerprint density at radius 3 is 2.79 bits per heavy atom. The Morgan fingerprint density at radius 1 is 1.43 bits per heavy atom. The molecule has 0 spiro atoms. The number of aryl methyl sites for hydroxylation is 1. The van der Waals surface area contributed by atoms with Gasteiger partial charge in [-0.3, -0.25) is 0 Å². The summed E-state index contributed by atoms with van der Waals surface area (Å²) in [6.45, 7) is 4.17. The summed E-state index contributed by atoms with van der Waals surface area (Å²) in [6, 6.07) is 4.09. The first kappa shape index (κ1) is 9.78.